The molecule has 0 aromatic heterocycles. The summed E-state index contributed by atoms with van der Waals surface area (Å²) in [5.74, 6) is 1.85. The first-order valence-corrected chi connectivity index (χ1v) is 7.72. The van der Waals surface area contributed by atoms with Crippen LogP contribution in [0, 0.1) is 11.8 Å². The van der Waals surface area contributed by atoms with Gasteiger partial charge in [0.1, 0.15) is 0 Å². The van der Waals surface area contributed by atoms with Crippen molar-refractivity contribution in [2.45, 2.75) is 58.4 Å². The van der Waals surface area contributed by atoms with Crippen molar-refractivity contribution in [1.29, 1.82) is 0 Å². The molecule has 1 heterocycles. The second kappa shape index (κ2) is 6.75. The summed E-state index contributed by atoms with van der Waals surface area (Å²) in [6, 6.07) is 0.771. The molecular formula is C15H30N2. The molecule has 1 N–H and O–H groups in total. The van der Waals surface area contributed by atoms with Gasteiger partial charge in [0.15, 0.2) is 0 Å². The van der Waals surface area contributed by atoms with E-state index in [4.69, 9.17) is 0 Å². The molecule has 100 valence electrons. The number of rotatable bonds is 5. The van der Waals surface area contributed by atoms with Crippen LogP contribution in [-0.2, 0) is 0 Å². The van der Waals surface area contributed by atoms with Gasteiger partial charge in [-0.2, -0.15) is 0 Å². The minimum Gasteiger partial charge on any atom is -0.314 e. The van der Waals surface area contributed by atoms with Crippen molar-refractivity contribution in [3.05, 3.63) is 0 Å². The zero-order chi connectivity index (χ0) is 12.1. The Kier molecular flexibility index (Phi) is 5.30. The van der Waals surface area contributed by atoms with E-state index in [1.54, 1.807) is 0 Å². The topological polar surface area (TPSA) is 15.3 Å². The molecule has 0 amide bonds. The number of nitrogens with one attached hydrogen (secondary N) is 1. The van der Waals surface area contributed by atoms with Crippen molar-refractivity contribution in [3.63, 3.8) is 0 Å². The Morgan fingerprint density at radius 3 is 2.71 bits per heavy atom. The van der Waals surface area contributed by atoms with Gasteiger partial charge < -0.3 is 5.32 Å². The lowest BCUT2D eigenvalue weighted by molar-refractivity contribution is 0.120. The zero-order valence-electron chi connectivity index (χ0n) is 11.8. The predicted molar refractivity (Wildman–Crippen MR) is 74.3 cm³/mol. The molecule has 0 bridgehead atoms. The van der Waals surface area contributed by atoms with Crippen LogP contribution in [0.2, 0.25) is 0 Å². The van der Waals surface area contributed by atoms with Crippen LogP contribution in [0.3, 0.4) is 0 Å². The highest BCUT2D eigenvalue weighted by Crippen LogP contribution is 2.28. The van der Waals surface area contributed by atoms with Crippen molar-refractivity contribution in [1.82, 2.24) is 10.2 Å². The van der Waals surface area contributed by atoms with Gasteiger partial charge in [-0.25, -0.2) is 0 Å². The van der Waals surface area contributed by atoms with E-state index in [9.17, 15) is 0 Å². The fourth-order valence-corrected chi connectivity index (χ4v) is 3.58. The Bertz CT molecular complexity index is 209. The summed E-state index contributed by atoms with van der Waals surface area (Å²) in [7, 11) is 0. The SMILES string of the molecule is CC(C)C1CNCCN1CCCC1CCCC1. The smallest absolute Gasteiger partial charge is 0.0244 e. The van der Waals surface area contributed by atoms with E-state index < -0.39 is 0 Å². The molecule has 1 saturated heterocycles. The highest BCUT2D eigenvalue weighted by molar-refractivity contribution is 4.82. The van der Waals surface area contributed by atoms with Crippen LogP contribution in [0.5, 0.6) is 0 Å². The van der Waals surface area contributed by atoms with Gasteiger partial charge in [-0.3, -0.25) is 4.90 Å². The van der Waals surface area contributed by atoms with Crippen LogP contribution >= 0.6 is 0 Å². The Labute approximate surface area is 107 Å². The quantitative estimate of drug-likeness (QED) is 0.792. The van der Waals surface area contributed by atoms with Crippen LogP contribution < -0.4 is 5.32 Å². The Morgan fingerprint density at radius 2 is 2.00 bits per heavy atom. The average molecular weight is 238 g/mol. The third-order valence-corrected chi connectivity index (χ3v) is 4.70. The fourth-order valence-electron chi connectivity index (χ4n) is 3.58. The second-order valence-electron chi connectivity index (χ2n) is 6.34. The summed E-state index contributed by atoms with van der Waals surface area (Å²) in [6.45, 7) is 9.70. The van der Waals surface area contributed by atoms with Crippen LogP contribution in [-0.4, -0.2) is 37.1 Å². The number of hydrogen-bond donors (Lipinski definition) is 1. The van der Waals surface area contributed by atoms with Gasteiger partial charge >= 0.3 is 0 Å². The lowest BCUT2D eigenvalue weighted by atomic mass is 9.98. The Balaban J connectivity index is 1.68. The first-order chi connectivity index (χ1) is 8.27. The third-order valence-electron chi connectivity index (χ3n) is 4.70. The van der Waals surface area contributed by atoms with E-state index in [-0.39, 0.29) is 0 Å². The van der Waals surface area contributed by atoms with Gasteiger partial charge in [-0.15, -0.1) is 0 Å². The molecule has 17 heavy (non-hydrogen) atoms. The van der Waals surface area contributed by atoms with Crippen LogP contribution in [0.15, 0.2) is 0 Å². The van der Waals surface area contributed by atoms with Gasteiger partial charge in [0.25, 0.3) is 0 Å². The molecule has 1 atom stereocenters. The molecule has 1 saturated carbocycles. The molecule has 0 aromatic rings. The summed E-state index contributed by atoms with van der Waals surface area (Å²) < 4.78 is 0. The Hall–Kier alpha value is -0.0800. The van der Waals surface area contributed by atoms with E-state index in [0.717, 1.165) is 17.9 Å². The predicted octanol–water partition coefficient (Wildman–Crippen LogP) is 2.89. The average Bonchev–Trinajstić information content (AvgIpc) is 2.82. The number of piperazine rings is 1. The van der Waals surface area contributed by atoms with E-state index in [2.05, 4.69) is 24.1 Å². The maximum atomic E-state index is 3.54. The van der Waals surface area contributed by atoms with Gasteiger partial charge in [-0.05, 0) is 31.2 Å². The lowest BCUT2D eigenvalue weighted by Gasteiger charge is -2.38. The van der Waals surface area contributed by atoms with Crippen LogP contribution in [0.1, 0.15) is 52.4 Å². The van der Waals surface area contributed by atoms with Gasteiger partial charge in [0, 0.05) is 25.7 Å². The summed E-state index contributed by atoms with van der Waals surface area (Å²) in [4.78, 5) is 2.73. The molecule has 0 radical (unpaired) electrons. The summed E-state index contributed by atoms with van der Waals surface area (Å²) in [5.41, 5.74) is 0. The van der Waals surface area contributed by atoms with Gasteiger partial charge in [0.2, 0.25) is 0 Å². The third kappa shape index (κ3) is 3.96. The molecule has 1 aliphatic carbocycles. The molecule has 1 aliphatic heterocycles. The highest BCUT2D eigenvalue weighted by Gasteiger charge is 2.24. The molecule has 2 rings (SSSR count). The highest BCUT2D eigenvalue weighted by atomic mass is 15.2. The molecule has 2 aliphatic rings. The molecule has 1 unspecified atom stereocenters. The summed E-state index contributed by atoms with van der Waals surface area (Å²) in [6.07, 6.45) is 8.91. The number of hydrogen-bond acceptors (Lipinski definition) is 2. The summed E-state index contributed by atoms with van der Waals surface area (Å²) in [5, 5.41) is 3.54. The van der Waals surface area contributed by atoms with Crippen molar-refractivity contribution >= 4 is 0 Å². The molecule has 0 aromatic carbocycles. The largest absolute Gasteiger partial charge is 0.314 e. The van der Waals surface area contributed by atoms with Crippen LogP contribution in [0.25, 0.3) is 0 Å². The molecular weight excluding hydrogens is 208 g/mol. The first-order valence-electron chi connectivity index (χ1n) is 7.72. The van der Waals surface area contributed by atoms with E-state index in [1.807, 2.05) is 0 Å². The molecule has 2 nitrogen and oxygen atoms in total. The fraction of sp³-hybridized carbons (Fsp3) is 1.00. The monoisotopic (exact) mass is 238 g/mol. The first kappa shape index (κ1) is 13.4. The summed E-state index contributed by atoms with van der Waals surface area (Å²) >= 11 is 0. The molecule has 0 spiro atoms. The van der Waals surface area contributed by atoms with Crippen molar-refractivity contribution in [2.24, 2.45) is 11.8 Å². The van der Waals surface area contributed by atoms with Gasteiger partial charge in [-0.1, -0.05) is 39.5 Å². The minimum atomic E-state index is 0.771. The van der Waals surface area contributed by atoms with Crippen LogP contribution in [0.4, 0.5) is 0 Å². The van der Waals surface area contributed by atoms with Crippen molar-refractivity contribution in [2.75, 3.05) is 26.2 Å². The maximum absolute atomic E-state index is 3.54. The van der Waals surface area contributed by atoms with Crippen molar-refractivity contribution < 1.29 is 0 Å². The van der Waals surface area contributed by atoms with Gasteiger partial charge in [0.05, 0.1) is 0 Å². The zero-order valence-corrected chi connectivity index (χ0v) is 11.8. The normalized spacial score (nSPS) is 28.1. The maximum Gasteiger partial charge on any atom is 0.0244 e. The standard InChI is InChI=1S/C15H30N2/c1-13(2)15-12-16-9-11-17(15)10-5-8-14-6-3-4-7-14/h13-16H,3-12H2,1-2H3. The Morgan fingerprint density at radius 1 is 1.24 bits per heavy atom. The lowest BCUT2D eigenvalue weighted by Crippen LogP contribution is -2.53. The molecule has 2 heteroatoms. The number of nitrogens with zero attached hydrogens (tertiary/aromatic N) is 1. The van der Waals surface area contributed by atoms with E-state index in [1.165, 1.54) is 64.7 Å². The van der Waals surface area contributed by atoms with E-state index >= 15 is 0 Å². The molecule has 2 fully saturated rings. The van der Waals surface area contributed by atoms with Crippen molar-refractivity contribution in [3.8, 4) is 0 Å². The second-order valence-corrected chi connectivity index (χ2v) is 6.34. The van der Waals surface area contributed by atoms with E-state index in [0.29, 0.717) is 0 Å². The minimum absolute atomic E-state index is 0.771.